The van der Waals surface area contributed by atoms with Crippen LogP contribution in [0.4, 0.5) is 0 Å². The fourth-order valence-electron chi connectivity index (χ4n) is 1.84. The Balaban J connectivity index is 2.22. The van der Waals surface area contributed by atoms with Crippen LogP contribution in [-0.4, -0.2) is 6.61 Å². The topological polar surface area (TPSA) is 35.2 Å². The van der Waals surface area contributed by atoms with Crippen LogP contribution in [0.1, 0.15) is 24.1 Å². The molecule has 4 heteroatoms. The Hall–Kier alpha value is -1.03. The molecule has 0 amide bonds. The largest absolute Gasteiger partial charge is 0.494 e. The molecule has 2 aromatic rings. The van der Waals surface area contributed by atoms with Crippen LogP contribution >= 0.6 is 27.5 Å². The molecule has 0 aliphatic carbocycles. The summed E-state index contributed by atoms with van der Waals surface area (Å²) in [5.74, 6) is 0.854. The van der Waals surface area contributed by atoms with Gasteiger partial charge < -0.3 is 10.5 Å². The number of nitrogens with two attached hydrogens (primary N) is 1. The number of halogens is 2. The van der Waals surface area contributed by atoms with Gasteiger partial charge in [-0.25, -0.2) is 0 Å². The van der Waals surface area contributed by atoms with Gasteiger partial charge in [-0.1, -0.05) is 29.8 Å². The van der Waals surface area contributed by atoms with Crippen LogP contribution in [0.2, 0.25) is 5.02 Å². The van der Waals surface area contributed by atoms with Gasteiger partial charge in [0.25, 0.3) is 0 Å². The van der Waals surface area contributed by atoms with E-state index >= 15 is 0 Å². The highest BCUT2D eigenvalue weighted by atomic mass is 79.9. The van der Waals surface area contributed by atoms with Crippen LogP contribution in [0.25, 0.3) is 0 Å². The van der Waals surface area contributed by atoms with Crippen LogP contribution in [0.3, 0.4) is 0 Å². The number of rotatable bonds is 4. The summed E-state index contributed by atoms with van der Waals surface area (Å²) in [4.78, 5) is 0. The van der Waals surface area contributed by atoms with E-state index in [0.717, 1.165) is 21.3 Å². The van der Waals surface area contributed by atoms with Gasteiger partial charge in [0, 0.05) is 4.47 Å². The Labute approximate surface area is 126 Å². The van der Waals surface area contributed by atoms with Crippen molar-refractivity contribution in [3.63, 3.8) is 0 Å². The summed E-state index contributed by atoms with van der Waals surface area (Å²) >= 11 is 9.46. The van der Waals surface area contributed by atoms with Gasteiger partial charge in [-0.15, -0.1) is 0 Å². The van der Waals surface area contributed by atoms with Crippen molar-refractivity contribution < 1.29 is 4.74 Å². The number of ether oxygens (including phenoxy) is 1. The van der Waals surface area contributed by atoms with Crippen molar-refractivity contribution in [1.82, 2.24) is 0 Å². The van der Waals surface area contributed by atoms with Crippen molar-refractivity contribution in [3.05, 3.63) is 63.1 Å². The van der Waals surface area contributed by atoms with Gasteiger partial charge in [0.1, 0.15) is 5.75 Å². The van der Waals surface area contributed by atoms with Gasteiger partial charge in [-0.3, -0.25) is 0 Å². The van der Waals surface area contributed by atoms with E-state index in [0.29, 0.717) is 11.6 Å². The molecule has 2 aromatic carbocycles. The van der Waals surface area contributed by atoms with E-state index in [1.807, 2.05) is 49.4 Å². The van der Waals surface area contributed by atoms with Crippen LogP contribution in [0.5, 0.6) is 5.75 Å². The summed E-state index contributed by atoms with van der Waals surface area (Å²) in [6.45, 7) is 2.62. The first-order chi connectivity index (χ1) is 9.11. The van der Waals surface area contributed by atoms with Gasteiger partial charge in [0.05, 0.1) is 17.7 Å². The van der Waals surface area contributed by atoms with Crippen molar-refractivity contribution in [3.8, 4) is 5.75 Å². The third-order valence-corrected chi connectivity index (χ3v) is 4.09. The van der Waals surface area contributed by atoms with E-state index in [2.05, 4.69) is 15.9 Å². The molecule has 0 aliphatic heterocycles. The maximum atomic E-state index is 6.24. The number of hydrogen-bond acceptors (Lipinski definition) is 2. The Morgan fingerprint density at radius 2 is 1.79 bits per heavy atom. The fraction of sp³-hybridized carbons (Fsp3) is 0.200. The zero-order valence-electron chi connectivity index (χ0n) is 10.6. The summed E-state index contributed by atoms with van der Waals surface area (Å²) in [6.07, 6.45) is 0. The first-order valence-electron chi connectivity index (χ1n) is 6.05. The highest BCUT2D eigenvalue weighted by Crippen LogP contribution is 2.28. The molecular formula is C15H15BrClNO. The molecule has 19 heavy (non-hydrogen) atoms. The minimum absolute atomic E-state index is 0.193. The Bertz CT molecular complexity index is 557. The molecule has 0 spiro atoms. The second kappa shape index (κ2) is 6.42. The zero-order chi connectivity index (χ0) is 13.8. The SMILES string of the molecule is CCOc1ccc(C(N)c2ccc(Br)c(Cl)c2)cc1. The molecular weight excluding hydrogens is 326 g/mol. The van der Waals surface area contributed by atoms with E-state index in [-0.39, 0.29) is 6.04 Å². The predicted octanol–water partition coefficient (Wildman–Crippen LogP) is 4.55. The monoisotopic (exact) mass is 339 g/mol. The minimum Gasteiger partial charge on any atom is -0.494 e. The van der Waals surface area contributed by atoms with Crippen molar-refractivity contribution in [1.29, 1.82) is 0 Å². The van der Waals surface area contributed by atoms with Gasteiger partial charge in [-0.2, -0.15) is 0 Å². The first-order valence-corrected chi connectivity index (χ1v) is 7.22. The molecule has 0 aliphatic rings. The molecule has 1 unspecified atom stereocenters. The standard InChI is InChI=1S/C15H15BrClNO/c1-2-19-12-6-3-10(4-7-12)15(18)11-5-8-13(16)14(17)9-11/h3-9,15H,2,18H2,1H3. The van der Waals surface area contributed by atoms with E-state index in [9.17, 15) is 0 Å². The average molecular weight is 341 g/mol. The maximum absolute atomic E-state index is 6.24. The highest BCUT2D eigenvalue weighted by Gasteiger charge is 2.10. The van der Waals surface area contributed by atoms with Crippen LogP contribution in [0.15, 0.2) is 46.9 Å². The molecule has 0 heterocycles. The lowest BCUT2D eigenvalue weighted by molar-refractivity contribution is 0.340. The second-order valence-corrected chi connectivity index (χ2v) is 5.41. The highest BCUT2D eigenvalue weighted by molar-refractivity contribution is 9.10. The van der Waals surface area contributed by atoms with E-state index in [1.165, 1.54) is 0 Å². The average Bonchev–Trinajstić information content (AvgIpc) is 2.42. The predicted molar refractivity (Wildman–Crippen MR) is 82.8 cm³/mol. The van der Waals surface area contributed by atoms with Gasteiger partial charge in [-0.05, 0) is 58.2 Å². The molecule has 0 fully saturated rings. The molecule has 1 atom stereocenters. The molecule has 0 radical (unpaired) electrons. The smallest absolute Gasteiger partial charge is 0.119 e. The molecule has 0 saturated carbocycles. The lowest BCUT2D eigenvalue weighted by atomic mass is 10.00. The molecule has 2 rings (SSSR count). The molecule has 2 nitrogen and oxygen atoms in total. The Morgan fingerprint density at radius 1 is 1.16 bits per heavy atom. The van der Waals surface area contributed by atoms with Gasteiger partial charge in [0.15, 0.2) is 0 Å². The van der Waals surface area contributed by atoms with E-state index in [4.69, 9.17) is 22.1 Å². The van der Waals surface area contributed by atoms with E-state index in [1.54, 1.807) is 0 Å². The number of benzene rings is 2. The van der Waals surface area contributed by atoms with E-state index < -0.39 is 0 Å². The fourth-order valence-corrected chi connectivity index (χ4v) is 2.27. The van der Waals surface area contributed by atoms with Crippen LogP contribution < -0.4 is 10.5 Å². The third kappa shape index (κ3) is 3.50. The second-order valence-electron chi connectivity index (χ2n) is 4.15. The van der Waals surface area contributed by atoms with Gasteiger partial charge in [0.2, 0.25) is 0 Å². The molecule has 0 aromatic heterocycles. The summed E-state index contributed by atoms with van der Waals surface area (Å²) in [7, 11) is 0. The van der Waals surface area contributed by atoms with Crippen molar-refractivity contribution in [2.45, 2.75) is 13.0 Å². The summed E-state index contributed by atoms with van der Waals surface area (Å²) < 4.78 is 6.29. The zero-order valence-corrected chi connectivity index (χ0v) is 12.9. The van der Waals surface area contributed by atoms with Crippen molar-refractivity contribution >= 4 is 27.5 Å². The summed E-state index contributed by atoms with van der Waals surface area (Å²) in [6, 6.07) is 13.4. The molecule has 0 saturated heterocycles. The summed E-state index contributed by atoms with van der Waals surface area (Å²) in [5, 5.41) is 0.666. The lowest BCUT2D eigenvalue weighted by Gasteiger charge is -2.14. The van der Waals surface area contributed by atoms with Crippen molar-refractivity contribution in [2.75, 3.05) is 6.61 Å². The number of hydrogen-bond donors (Lipinski definition) is 1. The van der Waals surface area contributed by atoms with Gasteiger partial charge >= 0.3 is 0 Å². The summed E-state index contributed by atoms with van der Waals surface area (Å²) in [5.41, 5.74) is 8.26. The quantitative estimate of drug-likeness (QED) is 0.886. The lowest BCUT2D eigenvalue weighted by Crippen LogP contribution is -2.11. The maximum Gasteiger partial charge on any atom is 0.119 e. The third-order valence-electron chi connectivity index (χ3n) is 2.85. The minimum atomic E-state index is -0.193. The Kier molecular flexibility index (Phi) is 4.86. The van der Waals surface area contributed by atoms with Crippen LogP contribution in [0, 0.1) is 0 Å². The molecule has 0 bridgehead atoms. The van der Waals surface area contributed by atoms with Crippen molar-refractivity contribution in [2.24, 2.45) is 5.73 Å². The Morgan fingerprint density at radius 3 is 2.37 bits per heavy atom. The first kappa shape index (κ1) is 14.4. The normalized spacial score (nSPS) is 12.2. The molecule has 100 valence electrons. The van der Waals surface area contributed by atoms with Crippen LogP contribution in [-0.2, 0) is 0 Å². The molecule has 2 N–H and O–H groups in total.